The molecule has 0 spiro atoms. The van der Waals surface area contributed by atoms with E-state index in [2.05, 4.69) is 15.6 Å². The third-order valence-electron chi connectivity index (χ3n) is 7.08. The monoisotopic (exact) mass is 543 g/mol. The zero-order valence-corrected chi connectivity index (χ0v) is 22.7. The number of fused-ring (bicyclic) bond motifs is 1. The molecule has 0 aliphatic carbocycles. The number of aromatic nitrogens is 3. The first kappa shape index (κ1) is 27.1. The van der Waals surface area contributed by atoms with Gasteiger partial charge < -0.3 is 24.4 Å². The Morgan fingerprint density at radius 3 is 2.58 bits per heavy atom. The first-order valence-corrected chi connectivity index (χ1v) is 13.3. The fraction of sp³-hybridized carbons (Fsp3) is 0.333. The number of benzene rings is 3. The van der Waals surface area contributed by atoms with Crippen molar-refractivity contribution >= 4 is 22.8 Å². The van der Waals surface area contributed by atoms with Gasteiger partial charge in [0.25, 0.3) is 0 Å². The molecule has 1 fully saturated rings. The second kappa shape index (κ2) is 12.6. The van der Waals surface area contributed by atoms with Crippen molar-refractivity contribution in [1.29, 1.82) is 0 Å². The van der Waals surface area contributed by atoms with E-state index in [-0.39, 0.29) is 31.0 Å². The third-order valence-corrected chi connectivity index (χ3v) is 7.08. The summed E-state index contributed by atoms with van der Waals surface area (Å²) in [6.07, 6.45) is 1.81. The smallest absolute Gasteiger partial charge is 0.247 e. The molecule has 0 saturated carbocycles. The average Bonchev–Trinajstić information content (AvgIpc) is 3.67. The summed E-state index contributed by atoms with van der Waals surface area (Å²) in [4.78, 5) is 29.6. The van der Waals surface area contributed by atoms with Crippen LogP contribution < -0.4 is 14.8 Å². The number of nitrogens with zero attached hydrogens (tertiary/aromatic N) is 4. The van der Waals surface area contributed by atoms with Gasteiger partial charge in [-0.3, -0.25) is 9.59 Å². The van der Waals surface area contributed by atoms with Crippen molar-refractivity contribution in [1.82, 2.24) is 25.2 Å². The van der Waals surface area contributed by atoms with Gasteiger partial charge in [-0.25, -0.2) is 4.68 Å². The van der Waals surface area contributed by atoms with Crippen molar-refractivity contribution in [3.05, 3.63) is 83.9 Å². The van der Waals surface area contributed by atoms with Gasteiger partial charge in [-0.05, 0) is 48.7 Å². The van der Waals surface area contributed by atoms with E-state index >= 15 is 0 Å². The number of methoxy groups -OCH3 is 2. The van der Waals surface area contributed by atoms with E-state index in [1.807, 2.05) is 60.7 Å². The van der Waals surface area contributed by atoms with E-state index < -0.39 is 6.04 Å². The van der Waals surface area contributed by atoms with Gasteiger partial charge in [-0.2, -0.15) is 0 Å². The Bertz CT molecular complexity index is 1450. The standard InChI is InChI=1S/C30H33N5O5/c1-38-23-15-13-21(14-16-23)29(30(37)31-18-24-9-7-17-40-24)34(19-22-8-3-6-12-27(22)39-2)28(36)20-35-26-11-5-4-10-25(26)32-33-35/h3-6,8,10-16,24,29H,7,9,17-20H2,1-2H3,(H,31,37). The largest absolute Gasteiger partial charge is 0.497 e. The van der Waals surface area contributed by atoms with Crippen molar-refractivity contribution in [3.63, 3.8) is 0 Å². The minimum atomic E-state index is -0.931. The third kappa shape index (κ3) is 6.07. The molecule has 1 aromatic heterocycles. The van der Waals surface area contributed by atoms with Crippen LogP contribution in [0.4, 0.5) is 0 Å². The molecule has 1 aliphatic rings. The maximum Gasteiger partial charge on any atom is 0.247 e. The first-order valence-electron chi connectivity index (χ1n) is 13.3. The van der Waals surface area contributed by atoms with Crippen LogP contribution in [0.3, 0.4) is 0 Å². The summed E-state index contributed by atoms with van der Waals surface area (Å²) in [6.45, 7) is 1.10. The lowest BCUT2D eigenvalue weighted by atomic mass is 10.0. The number of nitrogens with one attached hydrogen (secondary N) is 1. The SMILES string of the molecule is COc1ccc(C(C(=O)NCC2CCCO2)N(Cc2ccccc2OC)C(=O)Cn2nnc3ccccc32)cc1. The Kier molecular flexibility index (Phi) is 8.56. The van der Waals surface area contributed by atoms with Gasteiger partial charge in [-0.15, -0.1) is 5.10 Å². The predicted molar refractivity (Wildman–Crippen MR) is 149 cm³/mol. The van der Waals surface area contributed by atoms with Crippen LogP contribution in [-0.4, -0.2) is 65.2 Å². The van der Waals surface area contributed by atoms with Gasteiger partial charge in [0.2, 0.25) is 11.8 Å². The highest BCUT2D eigenvalue weighted by Gasteiger charge is 2.33. The topological polar surface area (TPSA) is 108 Å². The Labute approximate surface area is 232 Å². The molecule has 10 heteroatoms. The van der Waals surface area contributed by atoms with Gasteiger partial charge in [0.15, 0.2) is 0 Å². The first-order chi connectivity index (χ1) is 19.6. The summed E-state index contributed by atoms with van der Waals surface area (Å²) in [5.41, 5.74) is 2.84. The molecule has 40 heavy (non-hydrogen) atoms. The van der Waals surface area contributed by atoms with Crippen LogP contribution >= 0.6 is 0 Å². The molecule has 1 saturated heterocycles. The molecule has 3 aromatic carbocycles. The van der Waals surface area contributed by atoms with E-state index in [0.717, 1.165) is 23.9 Å². The summed E-state index contributed by atoms with van der Waals surface area (Å²) in [5, 5.41) is 11.4. The molecule has 2 unspecified atom stereocenters. The van der Waals surface area contributed by atoms with E-state index in [9.17, 15) is 9.59 Å². The molecule has 1 aliphatic heterocycles. The Morgan fingerprint density at radius 1 is 1.05 bits per heavy atom. The van der Waals surface area contributed by atoms with E-state index in [4.69, 9.17) is 14.2 Å². The van der Waals surface area contributed by atoms with Crippen molar-refractivity contribution in [2.24, 2.45) is 0 Å². The number of carbonyl (C=O) groups is 2. The van der Waals surface area contributed by atoms with Crippen molar-refractivity contribution in [2.75, 3.05) is 27.4 Å². The molecule has 2 atom stereocenters. The Balaban J connectivity index is 1.52. The van der Waals surface area contributed by atoms with Gasteiger partial charge in [0.1, 0.15) is 29.6 Å². The van der Waals surface area contributed by atoms with Crippen LogP contribution in [0.25, 0.3) is 11.0 Å². The summed E-state index contributed by atoms with van der Waals surface area (Å²) in [5.74, 6) is 0.681. The molecule has 5 rings (SSSR count). The lowest BCUT2D eigenvalue weighted by molar-refractivity contribution is -0.142. The molecule has 0 bridgehead atoms. The summed E-state index contributed by atoms with van der Waals surface area (Å²) in [6, 6.07) is 21.2. The second-order valence-electron chi connectivity index (χ2n) is 9.63. The number of hydrogen-bond acceptors (Lipinski definition) is 7. The Morgan fingerprint density at radius 2 is 1.82 bits per heavy atom. The number of para-hydroxylation sites is 2. The fourth-order valence-electron chi connectivity index (χ4n) is 4.97. The minimum absolute atomic E-state index is 0.0413. The highest BCUT2D eigenvalue weighted by Crippen LogP contribution is 2.29. The van der Waals surface area contributed by atoms with E-state index in [1.54, 1.807) is 35.9 Å². The molecule has 2 amide bonds. The number of ether oxygens (including phenoxy) is 3. The van der Waals surface area contributed by atoms with Crippen LogP contribution in [0, 0.1) is 0 Å². The predicted octanol–water partition coefficient (Wildman–Crippen LogP) is 3.51. The molecule has 10 nitrogen and oxygen atoms in total. The maximum absolute atomic E-state index is 14.1. The number of rotatable bonds is 11. The van der Waals surface area contributed by atoms with Crippen molar-refractivity contribution < 1.29 is 23.8 Å². The lowest BCUT2D eigenvalue weighted by Crippen LogP contribution is -2.46. The second-order valence-corrected chi connectivity index (χ2v) is 9.63. The van der Waals surface area contributed by atoms with E-state index in [1.165, 1.54) is 0 Å². The molecular formula is C30H33N5O5. The van der Waals surface area contributed by atoms with Crippen LogP contribution in [0.5, 0.6) is 11.5 Å². The summed E-state index contributed by atoms with van der Waals surface area (Å²) < 4.78 is 18.2. The maximum atomic E-state index is 14.1. The zero-order valence-electron chi connectivity index (χ0n) is 22.7. The van der Waals surface area contributed by atoms with Crippen LogP contribution in [0.1, 0.15) is 30.0 Å². The summed E-state index contributed by atoms with van der Waals surface area (Å²) >= 11 is 0. The summed E-state index contributed by atoms with van der Waals surface area (Å²) in [7, 11) is 3.17. The normalized spacial score (nSPS) is 15.5. The highest BCUT2D eigenvalue weighted by molar-refractivity contribution is 5.89. The number of amides is 2. The van der Waals surface area contributed by atoms with Crippen molar-refractivity contribution in [3.8, 4) is 11.5 Å². The number of hydrogen-bond donors (Lipinski definition) is 1. The number of carbonyl (C=O) groups excluding carboxylic acids is 2. The van der Waals surface area contributed by atoms with Gasteiger partial charge in [0, 0.05) is 18.7 Å². The zero-order chi connectivity index (χ0) is 27.9. The molecule has 4 aromatic rings. The lowest BCUT2D eigenvalue weighted by Gasteiger charge is -2.32. The van der Waals surface area contributed by atoms with Crippen LogP contribution in [-0.2, 0) is 27.4 Å². The minimum Gasteiger partial charge on any atom is -0.497 e. The van der Waals surface area contributed by atoms with Gasteiger partial charge >= 0.3 is 0 Å². The molecular weight excluding hydrogens is 510 g/mol. The quantitative estimate of drug-likeness (QED) is 0.308. The van der Waals surface area contributed by atoms with Gasteiger partial charge in [0.05, 0.1) is 32.4 Å². The molecule has 0 radical (unpaired) electrons. The molecule has 208 valence electrons. The highest BCUT2D eigenvalue weighted by atomic mass is 16.5. The average molecular weight is 544 g/mol. The molecule has 1 N–H and O–H groups in total. The van der Waals surface area contributed by atoms with E-state index in [0.29, 0.717) is 35.7 Å². The van der Waals surface area contributed by atoms with Crippen LogP contribution in [0.2, 0.25) is 0 Å². The fourth-order valence-corrected chi connectivity index (χ4v) is 4.97. The molecule has 2 heterocycles. The van der Waals surface area contributed by atoms with Gasteiger partial charge in [-0.1, -0.05) is 47.7 Å². The van der Waals surface area contributed by atoms with Crippen LogP contribution in [0.15, 0.2) is 72.8 Å². The van der Waals surface area contributed by atoms with Crippen molar-refractivity contribution in [2.45, 2.75) is 38.1 Å². The Hall–Kier alpha value is -4.44.